The van der Waals surface area contributed by atoms with Gasteiger partial charge in [0.1, 0.15) is 5.75 Å². The van der Waals surface area contributed by atoms with Gasteiger partial charge >= 0.3 is 12.6 Å². The molecule has 126 valence electrons. The van der Waals surface area contributed by atoms with Gasteiger partial charge in [0.25, 0.3) is 5.91 Å². The van der Waals surface area contributed by atoms with Crippen LogP contribution < -0.4 is 10.1 Å². The van der Waals surface area contributed by atoms with Crippen LogP contribution in [0.2, 0.25) is 0 Å². The van der Waals surface area contributed by atoms with E-state index in [1.54, 1.807) is 12.1 Å². The number of halogens is 2. The Labute approximate surface area is 140 Å². The molecule has 1 heterocycles. The Morgan fingerprint density at radius 1 is 1.21 bits per heavy atom. The first-order chi connectivity index (χ1) is 11.5. The predicted octanol–water partition coefficient (Wildman–Crippen LogP) is 3.54. The predicted molar refractivity (Wildman–Crippen MR) is 86.0 cm³/mol. The number of carbonyl (C=O) groups excluding carboxylic acids is 2. The second kappa shape index (κ2) is 8.78. The zero-order valence-electron chi connectivity index (χ0n) is 12.3. The van der Waals surface area contributed by atoms with E-state index in [1.807, 2.05) is 17.5 Å². The van der Waals surface area contributed by atoms with Crippen LogP contribution in [0.5, 0.6) is 5.75 Å². The Bertz CT molecular complexity index is 717. The number of thiophene rings is 1. The maximum atomic E-state index is 12.3. The van der Waals surface area contributed by atoms with Gasteiger partial charge in [-0.3, -0.25) is 4.79 Å². The molecule has 5 nitrogen and oxygen atoms in total. The average Bonchev–Trinajstić information content (AvgIpc) is 3.06. The van der Waals surface area contributed by atoms with E-state index in [2.05, 4.69) is 10.1 Å². The summed E-state index contributed by atoms with van der Waals surface area (Å²) in [6.45, 7) is -3.56. The van der Waals surface area contributed by atoms with Gasteiger partial charge < -0.3 is 14.8 Å². The summed E-state index contributed by atoms with van der Waals surface area (Å²) in [6.07, 6.45) is 2.77. The molecule has 2 aromatic rings. The number of alkyl halides is 2. The van der Waals surface area contributed by atoms with Crippen LogP contribution in [0.3, 0.4) is 0 Å². The highest BCUT2D eigenvalue weighted by atomic mass is 32.1. The van der Waals surface area contributed by atoms with E-state index in [0.717, 1.165) is 4.88 Å². The van der Waals surface area contributed by atoms with Crippen molar-refractivity contribution in [3.8, 4) is 5.75 Å². The number of benzene rings is 1. The SMILES string of the molecule is O=C(COC(=O)C=Cc1cccs1)Nc1ccccc1OC(F)F. The zero-order chi connectivity index (χ0) is 17.4. The molecule has 0 aliphatic carbocycles. The third kappa shape index (κ3) is 5.81. The van der Waals surface area contributed by atoms with Crippen molar-refractivity contribution in [3.63, 3.8) is 0 Å². The van der Waals surface area contributed by atoms with Crippen molar-refractivity contribution in [1.29, 1.82) is 0 Å². The summed E-state index contributed by atoms with van der Waals surface area (Å²) < 4.78 is 33.6. The van der Waals surface area contributed by atoms with Crippen LogP contribution in [0, 0.1) is 0 Å². The molecule has 0 atom stereocenters. The van der Waals surface area contributed by atoms with E-state index >= 15 is 0 Å². The quantitative estimate of drug-likeness (QED) is 0.611. The number of hydrogen-bond donors (Lipinski definition) is 1. The summed E-state index contributed by atoms with van der Waals surface area (Å²) >= 11 is 1.45. The summed E-state index contributed by atoms with van der Waals surface area (Å²) in [7, 11) is 0. The highest BCUT2D eigenvalue weighted by molar-refractivity contribution is 7.10. The molecule has 1 aromatic heterocycles. The van der Waals surface area contributed by atoms with Crippen LogP contribution in [0.15, 0.2) is 47.9 Å². The number of ether oxygens (including phenoxy) is 2. The molecule has 8 heteroatoms. The summed E-state index contributed by atoms with van der Waals surface area (Å²) in [4.78, 5) is 24.1. The number of amides is 1. The first-order valence-electron chi connectivity index (χ1n) is 6.76. The molecule has 2 rings (SSSR count). The Morgan fingerprint density at radius 2 is 2.00 bits per heavy atom. The van der Waals surface area contributed by atoms with Crippen LogP contribution in [0.25, 0.3) is 6.08 Å². The molecule has 0 radical (unpaired) electrons. The van der Waals surface area contributed by atoms with Gasteiger partial charge in [0.15, 0.2) is 6.61 Å². The monoisotopic (exact) mass is 353 g/mol. The minimum Gasteiger partial charge on any atom is -0.452 e. The van der Waals surface area contributed by atoms with Gasteiger partial charge in [-0.15, -0.1) is 11.3 Å². The molecule has 24 heavy (non-hydrogen) atoms. The van der Waals surface area contributed by atoms with Crippen LogP contribution in [0.4, 0.5) is 14.5 Å². The van der Waals surface area contributed by atoms with E-state index in [9.17, 15) is 18.4 Å². The Balaban J connectivity index is 1.84. The fourth-order valence-electron chi connectivity index (χ4n) is 1.68. The Hall–Kier alpha value is -2.74. The zero-order valence-corrected chi connectivity index (χ0v) is 13.1. The van der Waals surface area contributed by atoms with Crippen molar-refractivity contribution < 1.29 is 27.8 Å². The van der Waals surface area contributed by atoms with E-state index in [1.165, 1.54) is 35.6 Å². The third-order valence-corrected chi connectivity index (χ3v) is 3.49. The lowest BCUT2D eigenvalue weighted by molar-refractivity contribution is -0.142. The van der Waals surface area contributed by atoms with Crippen LogP contribution >= 0.6 is 11.3 Å². The lowest BCUT2D eigenvalue weighted by atomic mass is 10.3. The van der Waals surface area contributed by atoms with Crippen molar-refractivity contribution in [1.82, 2.24) is 0 Å². The lowest BCUT2D eigenvalue weighted by Crippen LogP contribution is -2.20. The third-order valence-electron chi connectivity index (χ3n) is 2.65. The molecule has 0 bridgehead atoms. The molecule has 0 fully saturated rings. The maximum Gasteiger partial charge on any atom is 0.387 e. The molecule has 1 amide bonds. The molecule has 0 saturated carbocycles. The number of para-hydroxylation sites is 2. The average molecular weight is 353 g/mol. The normalized spacial score (nSPS) is 10.8. The van der Waals surface area contributed by atoms with Gasteiger partial charge in [-0.1, -0.05) is 18.2 Å². The Morgan fingerprint density at radius 3 is 2.71 bits per heavy atom. The summed E-state index contributed by atoms with van der Waals surface area (Å²) in [5.41, 5.74) is 0.0629. The Kier molecular flexibility index (Phi) is 6.44. The molecular formula is C16H13F2NO4S. The fourth-order valence-corrected chi connectivity index (χ4v) is 2.29. The topological polar surface area (TPSA) is 64.6 Å². The van der Waals surface area contributed by atoms with Crippen molar-refractivity contribution in [2.24, 2.45) is 0 Å². The van der Waals surface area contributed by atoms with E-state index in [-0.39, 0.29) is 11.4 Å². The van der Waals surface area contributed by atoms with E-state index in [4.69, 9.17) is 4.74 Å². The molecule has 0 aliphatic rings. The highest BCUT2D eigenvalue weighted by Gasteiger charge is 2.12. The van der Waals surface area contributed by atoms with Gasteiger partial charge in [0, 0.05) is 11.0 Å². The molecular weight excluding hydrogens is 340 g/mol. The van der Waals surface area contributed by atoms with Crippen molar-refractivity contribution in [2.75, 3.05) is 11.9 Å². The van der Waals surface area contributed by atoms with Gasteiger partial charge in [-0.25, -0.2) is 4.79 Å². The first kappa shape index (κ1) is 17.6. The maximum absolute atomic E-state index is 12.3. The summed E-state index contributed by atoms with van der Waals surface area (Å²) in [5.74, 6) is -1.53. The van der Waals surface area contributed by atoms with Crippen LogP contribution in [-0.2, 0) is 14.3 Å². The smallest absolute Gasteiger partial charge is 0.387 e. The van der Waals surface area contributed by atoms with Gasteiger partial charge in [-0.2, -0.15) is 8.78 Å². The molecule has 0 aliphatic heterocycles. The largest absolute Gasteiger partial charge is 0.452 e. The van der Waals surface area contributed by atoms with Crippen LogP contribution in [0.1, 0.15) is 4.88 Å². The van der Waals surface area contributed by atoms with Crippen molar-refractivity contribution in [3.05, 3.63) is 52.7 Å². The number of rotatable bonds is 7. The minimum absolute atomic E-state index is 0.0629. The fraction of sp³-hybridized carbons (Fsp3) is 0.125. The van der Waals surface area contributed by atoms with E-state index < -0.39 is 25.1 Å². The molecule has 0 unspecified atom stereocenters. The highest BCUT2D eigenvalue weighted by Crippen LogP contribution is 2.25. The summed E-state index contributed by atoms with van der Waals surface area (Å²) in [5, 5.41) is 4.20. The minimum atomic E-state index is -3.01. The second-order valence-corrected chi connectivity index (χ2v) is 5.36. The number of carbonyl (C=O) groups is 2. The van der Waals surface area contributed by atoms with Gasteiger partial charge in [-0.05, 0) is 29.7 Å². The molecule has 0 spiro atoms. The summed E-state index contributed by atoms with van der Waals surface area (Å²) in [6, 6.07) is 9.38. The molecule has 1 N–H and O–H groups in total. The van der Waals surface area contributed by atoms with Crippen molar-refractivity contribution in [2.45, 2.75) is 6.61 Å². The molecule has 1 aromatic carbocycles. The first-order valence-corrected chi connectivity index (χ1v) is 7.64. The lowest BCUT2D eigenvalue weighted by Gasteiger charge is -2.11. The standard InChI is InChI=1S/C16H13F2NO4S/c17-16(18)23-13-6-2-1-5-12(13)19-14(20)10-22-15(21)8-7-11-4-3-9-24-11/h1-9,16H,10H2,(H,19,20). The van der Waals surface area contributed by atoms with Gasteiger partial charge in [0.05, 0.1) is 5.69 Å². The molecule has 0 saturated heterocycles. The van der Waals surface area contributed by atoms with Gasteiger partial charge in [0.2, 0.25) is 0 Å². The number of esters is 1. The number of nitrogens with one attached hydrogen (secondary N) is 1. The second-order valence-electron chi connectivity index (χ2n) is 4.38. The number of anilines is 1. The van der Waals surface area contributed by atoms with E-state index in [0.29, 0.717) is 0 Å². The van der Waals surface area contributed by atoms with Crippen molar-refractivity contribution >= 4 is 35.0 Å². The van der Waals surface area contributed by atoms with Crippen LogP contribution in [-0.4, -0.2) is 25.1 Å². The number of hydrogen-bond acceptors (Lipinski definition) is 5.